The molecule has 0 radical (unpaired) electrons. The number of rotatable bonds is 2. The van der Waals surface area contributed by atoms with Crippen molar-refractivity contribution in [3.63, 3.8) is 0 Å². The first-order chi connectivity index (χ1) is 8.81. The van der Waals surface area contributed by atoms with Crippen LogP contribution in [0.1, 0.15) is 20.8 Å². The van der Waals surface area contributed by atoms with Crippen molar-refractivity contribution < 1.29 is 19.1 Å². The third-order valence-electron chi connectivity index (χ3n) is 2.03. The zero-order valence-corrected chi connectivity index (χ0v) is 11.3. The predicted octanol–water partition coefficient (Wildman–Crippen LogP) is 2.59. The molecule has 0 N–H and O–H groups in total. The Hall–Kier alpha value is -2.17. The molecule has 0 aromatic heterocycles. The van der Waals surface area contributed by atoms with E-state index >= 15 is 0 Å². The van der Waals surface area contributed by atoms with Crippen LogP contribution < -0.4 is 0 Å². The van der Waals surface area contributed by atoms with Gasteiger partial charge in [0.25, 0.3) is 0 Å². The molecule has 0 saturated heterocycles. The third-order valence-corrected chi connectivity index (χ3v) is 2.03. The van der Waals surface area contributed by atoms with Gasteiger partial charge in [-0.25, -0.2) is 9.59 Å². The van der Waals surface area contributed by atoms with E-state index in [2.05, 4.69) is 11.6 Å². The zero-order valence-electron chi connectivity index (χ0n) is 11.3. The summed E-state index contributed by atoms with van der Waals surface area (Å²) in [5, 5.41) is 0. The lowest BCUT2D eigenvalue weighted by Crippen LogP contribution is -2.21. The molecule has 0 unspecified atom stereocenters. The number of allylic oxidation sites excluding steroid dienone is 1. The van der Waals surface area contributed by atoms with Gasteiger partial charge >= 0.3 is 12.1 Å². The highest BCUT2D eigenvalue weighted by Gasteiger charge is 2.15. The summed E-state index contributed by atoms with van der Waals surface area (Å²) in [6.45, 7) is 8.95. The van der Waals surface area contributed by atoms with Crippen LogP contribution in [0.2, 0.25) is 0 Å². The lowest BCUT2D eigenvalue weighted by molar-refractivity contribution is -0.138. The maximum atomic E-state index is 11.3. The minimum absolute atomic E-state index is 0.149. The molecule has 0 atom stereocenters. The fourth-order valence-electron chi connectivity index (χ4n) is 1.25. The van der Waals surface area contributed by atoms with Gasteiger partial charge in [0.2, 0.25) is 0 Å². The van der Waals surface area contributed by atoms with Crippen molar-refractivity contribution in [2.24, 2.45) is 4.99 Å². The van der Waals surface area contributed by atoms with Crippen molar-refractivity contribution in [2.45, 2.75) is 26.4 Å². The monoisotopic (exact) mass is 263 g/mol. The molecule has 102 valence electrons. The van der Waals surface area contributed by atoms with E-state index in [1.807, 2.05) is 0 Å². The average Bonchev–Trinajstić information content (AvgIpc) is 2.29. The molecule has 5 nitrogen and oxygen atoms in total. The summed E-state index contributed by atoms with van der Waals surface area (Å²) in [7, 11) is 0. The van der Waals surface area contributed by atoms with Gasteiger partial charge in [-0.1, -0.05) is 12.7 Å². The molecule has 19 heavy (non-hydrogen) atoms. The first kappa shape index (κ1) is 14.9. The van der Waals surface area contributed by atoms with Crippen LogP contribution in [0.3, 0.4) is 0 Å². The lowest BCUT2D eigenvalue weighted by atomic mass is 10.1. The molecule has 0 aromatic rings. The van der Waals surface area contributed by atoms with Gasteiger partial charge in [0.1, 0.15) is 12.2 Å². The van der Waals surface area contributed by atoms with Crippen LogP contribution in [0.15, 0.2) is 40.9 Å². The van der Waals surface area contributed by atoms with Crippen molar-refractivity contribution in [2.75, 3.05) is 6.61 Å². The van der Waals surface area contributed by atoms with Crippen LogP contribution >= 0.6 is 0 Å². The van der Waals surface area contributed by atoms with Crippen LogP contribution in [-0.2, 0) is 14.3 Å². The third kappa shape index (κ3) is 5.33. The molecule has 1 heterocycles. The molecule has 0 fully saturated rings. The maximum absolute atomic E-state index is 11.3. The van der Waals surface area contributed by atoms with E-state index in [1.165, 1.54) is 12.3 Å². The number of hydrogen-bond donors (Lipinski definition) is 0. The summed E-state index contributed by atoms with van der Waals surface area (Å²) in [5.74, 6) is -0.406. The molecule has 1 aliphatic heterocycles. The minimum atomic E-state index is -0.662. The zero-order chi connectivity index (χ0) is 14.5. The SMILES string of the molecule is C=CC1=C/C(=C\C=N\C(=O)OC(C)(C)C)COC1=O. The van der Waals surface area contributed by atoms with Crippen LogP contribution in [-0.4, -0.2) is 30.5 Å². The number of esters is 1. The Morgan fingerprint density at radius 3 is 2.79 bits per heavy atom. The number of nitrogens with zero attached hydrogens (tertiary/aromatic N) is 1. The minimum Gasteiger partial charge on any atom is -0.457 e. The van der Waals surface area contributed by atoms with Crippen molar-refractivity contribution in [1.29, 1.82) is 0 Å². The highest BCUT2D eigenvalue weighted by atomic mass is 16.6. The summed E-state index contributed by atoms with van der Waals surface area (Å²) < 4.78 is 9.91. The van der Waals surface area contributed by atoms with Crippen LogP contribution in [0.4, 0.5) is 4.79 Å². The lowest BCUT2D eigenvalue weighted by Gasteiger charge is -2.17. The molecule has 5 heteroatoms. The summed E-state index contributed by atoms with van der Waals surface area (Å²) >= 11 is 0. The van der Waals surface area contributed by atoms with Crippen molar-refractivity contribution >= 4 is 18.3 Å². The predicted molar refractivity (Wildman–Crippen MR) is 72.0 cm³/mol. The van der Waals surface area contributed by atoms with E-state index in [4.69, 9.17) is 9.47 Å². The molecule has 1 rings (SSSR count). The van der Waals surface area contributed by atoms with Gasteiger partial charge in [-0.3, -0.25) is 0 Å². The Morgan fingerprint density at radius 1 is 1.53 bits per heavy atom. The van der Waals surface area contributed by atoms with Crippen molar-refractivity contribution in [3.8, 4) is 0 Å². The smallest absolute Gasteiger partial charge is 0.434 e. The number of carbonyl (C=O) groups is 2. The van der Waals surface area contributed by atoms with Crippen molar-refractivity contribution in [1.82, 2.24) is 0 Å². The number of aliphatic imine (C=N–C) groups is 1. The quantitative estimate of drug-likeness (QED) is 0.567. The van der Waals surface area contributed by atoms with Gasteiger partial charge in [0, 0.05) is 6.21 Å². The summed E-state index contributed by atoms with van der Waals surface area (Å²) in [4.78, 5) is 26.1. The van der Waals surface area contributed by atoms with Gasteiger partial charge in [-0.2, -0.15) is 4.99 Å². The fraction of sp³-hybridized carbons (Fsp3) is 0.357. The topological polar surface area (TPSA) is 65.0 Å². The van der Waals surface area contributed by atoms with Crippen LogP contribution in [0.25, 0.3) is 0 Å². The van der Waals surface area contributed by atoms with Gasteiger partial charge in [-0.05, 0) is 38.5 Å². The standard InChI is InChI=1S/C14H17NO4/c1-5-11-8-10(9-18-12(11)16)6-7-15-13(17)19-14(2,3)4/h5-8H,1,9H2,2-4H3/b10-6+,15-7+. The van der Waals surface area contributed by atoms with E-state index in [-0.39, 0.29) is 6.61 Å². The van der Waals surface area contributed by atoms with E-state index < -0.39 is 17.7 Å². The first-order valence-corrected chi connectivity index (χ1v) is 5.79. The highest BCUT2D eigenvalue weighted by molar-refractivity contribution is 5.94. The number of cyclic esters (lactones) is 1. The number of ether oxygens (including phenoxy) is 2. The molecular weight excluding hydrogens is 246 g/mol. The highest BCUT2D eigenvalue weighted by Crippen LogP contribution is 2.13. The van der Waals surface area contributed by atoms with Crippen LogP contribution in [0, 0.1) is 0 Å². The molecule has 0 bridgehead atoms. The van der Waals surface area contributed by atoms with Gasteiger partial charge in [0.05, 0.1) is 5.57 Å². The molecule has 0 spiro atoms. The fourth-order valence-corrected chi connectivity index (χ4v) is 1.25. The molecular formula is C14H17NO4. The van der Waals surface area contributed by atoms with Gasteiger partial charge in [0.15, 0.2) is 0 Å². The first-order valence-electron chi connectivity index (χ1n) is 5.79. The average molecular weight is 263 g/mol. The van der Waals surface area contributed by atoms with Crippen LogP contribution in [0.5, 0.6) is 0 Å². The molecule has 0 saturated carbocycles. The van der Waals surface area contributed by atoms with E-state index in [9.17, 15) is 9.59 Å². The van der Waals surface area contributed by atoms with E-state index in [0.717, 1.165) is 5.57 Å². The number of carbonyl (C=O) groups excluding carboxylic acids is 2. The molecule has 1 aliphatic rings. The second kappa shape index (κ2) is 6.13. The van der Waals surface area contributed by atoms with Gasteiger partial charge in [-0.15, -0.1) is 0 Å². The normalized spacial score (nSPS) is 18.2. The largest absolute Gasteiger partial charge is 0.457 e. The Labute approximate surface area is 112 Å². The Morgan fingerprint density at radius 2 is 2.21 bits per heavy atom. The molecule has 0 aliphatic carbocycles. The summed E-state index contributed by atoms with van der Waals surface area (Å²) in [6, 6.07) is 0. The van der Waals surface area contributed by atoms with E-state index in [0.29, 0.717) is 5.57 Å². The molecule has 0 aromatic carbocycles. The maximum Gasteiger partial charge on any atom is 0.434 e. The Bertz CT molecular complexity index is 478. The summed E-state index contributed by atoms with van der Waals surface area (Å²) in [6.07, 6.45) is 5.30. The van der Waals surface area contributed by atoms with E-state index in [1.54, 1.807) is 32.9 Å². The molecule has 1 amide bonds. The summed E-state index contributed by atoms with van der Waals surface area (Å²) in [5.41, 5.74) is 0.530. The number of amides is 1. The van der Waals surface area contributed by atoms with Gasteiger partial charge < -0.3 is 9.47 Å². The van der Waals surface area contributed by atoms with Crippen molar-refractivity contribution in [3.05, 3.63) is 36.0 Å². The second-order valence-electron chi connectivity index (χ2n) is 4.88. The Kier molecular flexibility index (Phi) is 4.80. The Balaban J connectivity index is 2.67. The number of hydrogen-bond acceptors (Lipinski definition) is 4. The second-order valence-corrected chi connectivity index (χ2v) is 4.88.